The second-order valence-corrected chi connectivity index (χ2v) is 5.54. The van der Waals surface area contributed by atoms with Crippen LogP contribution in [0.4, 0.5) is 8.78 Å². The van der Waals surface area contributed by atoms with Crippen LogP contribution in [0.15, 0.2) is 36.4 Å². The summed E-state index contributed by atoms with van der Waals surface area (Å²) in [6, 6.07) is 9.15. The van der Waals surface area contributed by atoms with Crippen LogP contribution in [0.2, 0.25) is 10.0 Å². The first-order valence-corrected chi connectivity index (χ1v) is 7.39. The molecule has 1 nitrogen and oxygen atoms in total. The van der Waals surface area contributed by atoms with Gasteiger partial charge < -0.3 is 5.32 Å². The molecule has 2 aromatic carbocycles. The van der Waals surface area contributed by atoms with E-state index in [0.717, 1.165) is 11.6 Å². The average Bonchev–Trinajstić information content (AvgIpc) is 2.43. The number of halogens is 4. The van der Waals surface area contributed by atoms with Gasteiger partial charge in [-0.15, -0.1) is 0 Å². The van der Waals surface area contributed by atoms with Crippen LogP contribution in [0.25, 0.3) is 0 Å². The zero-order chi connectivity index (χ0) is 15.4. The second kappa shape index (κ2) is 7.21. The molecule has 5 heteroatoms. The first kappa shape index (κ1) is 16.2. The van der Waals surface area contributed by atoms with Crippen molar-refractivity contribution in [2.45, 2.75) is 19.4 Å². The van der Waals surface area contributed by atoms with Gasteiger partial charge in [0.2, 0.25) is 0 Å². The van der Waals surface area contributed by atoms with Gasteiger partial charge in [0, 0.05) is 16.1 Å². The first-order chi connectivity index (χ1) is 10.0. The van der Waals surface area contributed by atoms with Crippen LogP contribution in [-0.2, 0) is 6.42 Å². The molecular formula is C16H15Cl2F2N. The van der Waals surface area contributed by atoms with Crippen LogP contribution in [0.1, 0.15) is 24.1 Å². The number of hydrogen-bond acceptors (Lipinski definition) is 1. The highest BCUT2D eigenvalue weighted by Crippen LogP contribution is 2.29. The van der Waals surface area contributed by atoms with Crippen LogP contribution in [-0.4, -0.2) is 6.54 Å². The molecule has 0 aliphatic heterocycles. The third kappa shape index (κ3) is 3.94. The van der Waals surface area contributed by atoms with Crippen LogP contribution in [0, 0.1) is 11.6 Å². The first-order valence-electron chi connectivity index (χ1n) is 6.64. The van der Waals surface area contributed by atoms with Gasteiger partial charge in [-0.25, -0.2) is 8.78 Å². The predicted octanol–water partition coefficient (Wildman–Crippen LogP) is 5.16. The molecule has 1 atom stereocenters. The maximum atomic E-state index is 13.8. The molecule has 0 heterocycles. The van der Waals surface area contributed by atoms with Crippen molar-refractivity contribution in [3.05, 3.63) is 69.2 Å². The molecule has 0 radical (unpaired) electrons. The Labute approximate surface area is 132 Å². The number of rotatable bonds is 5. The van der Waals surface area contributed by atoms with Crippen molar-refractivity contribution in [1.29, 1.82) is 0 Å². The van der Waals surface area contributed by atoms with Crippen molar-refractivity contribution in [3.63, 3.8) is 0 Å². The summed E-state index contributed by atoms with van der Waals surface area (Å²) < 4.78 is 27.1. The molecule has 0 aliphatic rings. The van der Waals surface area contributed by atoms with Crippen molar-refractivity contribution >= 4 is 23.2 Å². The monoisotopic (exact) mass is 329 g/mol. The Morgan fingerprint density at radius 3 is 2.57 bits per heavy atom. The number of nitrogens with one attached hydrogen (secondary N) is 1. The van der Waals surface area contributed by atoms with Crippen molar-refractivity contribution in [2.75, 3.05) is 6.54 Å². The lowest BCUT2D eigenvalue weighted by atomic mass is 9.98. The molecule has 2 aromatic rings. The van der Waals surface area contributed by atoms with E-state index in [4.69, 9.17) is 23.2 Å². The maximum absolute atomic E-state index is 13.8. The van der Waals surface area contributed by atoms with Crippen LogP contribution >= 0.6 is 23.2 Å². The number of benzene rings is 2. The molecule has 1 unspecified atom stereocenters. The standard InChI is InChI=1S/C16H15Cl2F2N/c1-2-21-15(12-7-6-11(17)9-13(12)18)8-10-4-3-5-14(19)16(10)20/h3-7,9,15,21H,2,8H2,1H3. The van der Waals surface area contributed by atoms with Crippen molar-refractivity contribution in [3.8, 4) is 0 Å². The van der Waals surface area contributed by atoms with Gasteiger partial charge in [0.1, 0.15) is 0 Å². The minimum absolute atomic E-state index is 0.212. The molecule has 112 valence electrons. The Hall–Kier alpha value is -1.16. The highest BCUT2D eigenvalue weighted by atomic mass is 35.5. The molecule has 0 aliphatic carbocycles. The van der Waals surface area contributed by atoms with Gasteiger partial charge in [-0.2, -0.15) is 0 Å². The molecule has 0 fully saturated rings. The fourth-order valence-electron chi connectivity index (χ4n) is 2.25. The normalized spacial score (nSPS) is 12.4. The van der Waals surface area contributed by atoms with Gasteiger partial charge in [-0.3, -0.25) is 0 Å². The van der Waals surface area contributed by atoms with Crippen LogP contribution < -0.4 is 5.32 Å². The zero-order valence-electron chi connectivity index (χ0n) is 11.5. The molecular weight excluding hydrogens is 315 g/mol. The van der Waals surface area contributed by atoms with Crippen LogP contribution in [0.3, 0.4) is 0 Å². The Balaban J connectivity index is 2.33. The maximum Gasteiger partial charge on any atom is 0.162 e. The smallest absolute Gasteiger partial charge is 0.162 e. The van der Waals surface area contributed by atoms with E-state index in [1.165, 1.54) is 6.07 Å². The topological polar surface area (TPSA) is 12.0 Å². The zero-order valence-corrected chi connectivity index (χ0v) is 13.0. The van der Waals surface area contributed by atoms with E-state index >= 15 is 0 Å². The summed E-state index contributed by atoms with van der Waals surface area (Å²) in [4.78, 5) is 0. The SMILES string of the molecule is CCNC(Cc1cccc(F)c1F)c1ccc(Cl)cc1Cl. The van der Waals surface area contributed by atoms with Gasteiger partial charge in [0.05, 0.1) is 0 Å². The van der Waals surface area contributed by atoms with Crippen molar-refractivity contribution < 1.29 is 8.78 Å². The van der Waals surface area contributed by atoms with Gasteiger partial charge >= 0.3 is 0 Å². The van der Waals surface area contributed by atoms with Gasteiger partial charge in [-0.1, -0.05) is 48.3 Å². The van der Waals surface area contributed by atoms with Crippen molar-refractivity contribution in [1.82, 2.24) is 5.32 Å². The molecule has 0 saturated carbocycles. The summed E-state index contributed by atoms with van der Waals surface area (Å²) in [5, 5.41) is 4.28. The van der Waals surface area contributed by atoms with E-state index in [0.29, 0.717) is 28.6 Å². The average molecular weight is 330 g/mol. The third-order valence-electron chi connectivity index (χ3n) is 3.24. The lowest BCUT2D eigenvalue weighted by Crippen LogP contribution is -2.23. The van der Waals surface area contributed by atoms with E-state index in [1.54, 1.807) is 24.3 Å². The summed E-state index contributed by atoms with van der Waals surface area (Å²) in [5.41, 5.74) is 1.12. The van der Waals surface area contributed by atoms with E-state index in [-0.39, 0.29) is 6.04 Å². The highest BCUT2D eigenvalue weighted by molar-refractivity contribution is 6.35. The van der Waals surface area contributed by atoms with E-state index in [2.05, 4.69) is 5.32 Å². The molecule has 2 rings (SSSR count). The molecule has 0 spiro atoms. The Morgan fingerprint density at radius 1 is 1.14 bits per heavy atom. The van der Waals surface area contributed by atoms with Gasteiger partial charge in [0.15, 0.2) is 11.6 Å². The molecule has 0 amide bonds. The fourth-order valence-corrected chi connectivity index (χ4v) is 2.79. The largest absolute Gasteiger partial charge is 0.310 e. The Morgan fingerprint density at radius 2 is 1.90 bits per heavy atom. The predicted molar refractivity (Wildman–Crippen MR) is 82.9 cm³/mol. The third-order valence-corrected chi connectivity index (χ3v) is 3.81. The second-order valence-electron chi connectivity index (χ2n) is 4.69. The minimum atomic E-state index is -0.843. The van der Waals surface area contributed by atoms with Crippen LogP contribution in [0.5, 0.6) is 0 Å². The fraction of sp³-hybridized carbons (Fsp3) is 0.250. The Bertz CT molecular complexity index is 632. The Kier molecular flexibility index (Phi) is 5.57. The summed E-state index contributed by atoms with van der Waals surface area (Å²) in [7, 11) is 0. The van der Waals surface area contributed by atoms with Gasteiger partial charge in [0.25, 0.3) is 0 Å². The molecule has 0 bridgehead atoms. The summed E-state index contributed by atoms with van der Waals surface area (Å²) in [6.45, 7) is 2.62. The lowest BCUT2D eigenvalue weighted by Gasteiger charge is -2.20. The molecule has 0 saturated heterocycles. The van der Waals surface area contributed by atoms with Gasteiger partial charge in [-0.05, 0) is 42.3 Å². The molecule has 1 N–H and O–H groups in total. The summed E-state index contributed by atoms with van der Waals surface area (Å²) in [5.74, 6) is -1.66. The van der Waals surface area contributed by atoms with E-state index in [1.807, 2.05) is 6.92 Å². The lowest BCUT2D eigenvalue weighted by molar-refractivity contribution is 0.481. The number of likely N-dealkylation sites (N-methyl/N-ethyl adjacent to an activating group) is 1. The highest BCUT2D eigenvalue weighted by Gasteiger charge is 2.18. The molecule has 0 aromatic heterocycles. The summed E-state index contributed by atoms with van der Waals surface area (Å²) >= 11 is 12.1. The number of hydrogen-bond donors (Lipinski definition) is 1. The van der Waals surface area contributed by atoms with Crippen molar-refractivity contribution in [2.24, 2.45) is 0 Å². The summed E-state index contributed by atoms with van der Waals surface area (Å²) in [6.07, 6.45) is 0.304. The van der Waals surface area contributed by atoms with E-state index in [9.17, 15) is 8.78 Å². The minimum Gasteiger partial charge on any atom is -0.310 e. The quantitative estimate of drug-likeness (QED) is 0.798. The molecule has 21 heavy (non-hydrogen) atoms. The van der Waals surface area contributed by atoms with E-state index < -0.39 is 11.6 Å².